The molecule has 0 heterocycles. The molecule has 1 rings (SSSR count). The molecule has 1 aromatic carbocycles. The van der Waals surface area contributed by atoms with Gasteiger partial charge in [0, 0.05) is 12.0 Å². The Morgan fingerprint density at radius 2 is 2.27 bits per heavy atom. The Kier molecular flexibility index (Phi) is 3.33. The van der Waals surface area contributed by atoms with E-state index in [9.17, 15) is 14.3 Å². The highest BCUT2D eigenvalue weighted by atomic mass is 19.1. The minimum absolute atomic E-state index is 0.0156. The summed E-state index contributed by atoms with van der Waals surface area (Å²) in [4.78, 5) is 13.9. The van der Waals surface area contributed by atoms with Gasteiger partial charge in [-0.1, -0.05) is 12.7 Å². The van der Waals surface area contributed by atoms with Crippen molar-refractivity contribution in [3.63, 3.8) is 0 Å². The van der Waals surface area contributed by atoms with Crippen LogP contribution in [0.25, 0.3) is 6.08 Å². The fourth-order valence-corrected chi connectivity index (χ4v) is 1.34. The average molecular weight is 207 g/mol. The van der Waals surface area contributed by atoms with Crippen LogP contribution in [-0.2, 0) is 11.2 Å². The molecule has 15 heavy (non-hydrogen) atoms. The number of aldehydes is 1. The first-order valence-electron chi connectivity index (χ1n) is 4.22. The summed E-state index contributed by atoms with van der Waals surface area (Å²) < 4.78 is 13.2. The van der Waals surface area contributed by atoms with E-state index in [0.717, 1.165) is 6.07 Å². The van der Waals surface area contributed by atoms with Crippen molar-refractivity contribution in [3.05, 3.63) is 29.6 Å². The van der Waals surface area contributed by atoms with Crippen molar-refractivity contribution in [2.24, 2.45) is 4.99 Å². The molecular weight excluding hydrogens is 197 g/mol. The summed E-state index contributed by atoms with van der Waals surface area (Å²) in [5.41, 5.74) is 0.871. The third-order valence-electron chi connectivity index (χ3n) is 2.02. The van der Waals surface area contributed by atoms with E-state index in [-0.39, 0.29) is 12.1 Å². The van der Waals surface area contributed by atoms with Crippen molar-refractivity contribution in [2.75, 3.05) is 0 Å². The van der Waals surface area contributed by atoms with Crippen LogP contribution in [0.3, 0.4) is 0 Å². The molecule has 0 atom stereocenters. The second kappa shape index (κ2) is 4.50. The Bertz CT molecular complexity index is 427. The van der Waals surface area contributed by atoms with Crippen LogP contribution < -0.4 is 0 Å². The number of rotatable bonds is 4. The number of nitrogens with zero attached hydrogens (tertiary/aromatic N) is 1. The fraction of sp³-hybridized carbons (Fsp3) is 0.0909. The van der Waals surface area contributed by atoms with Gasteiger partial charge in [-0.15, -0.1) is 0 Å². The topological polar surface area (TPSA) is 49.7 Å². The van der Waals surface area contributed by atoms with Gasteiger partial charge in [0.2, 0.25) is 0 Å². The van der Waals surface area contributed by atoms with Crippen LogP contribution in [0.15, 0.2) is 17.6 Å². The number of halogens is 1. The molecule has 3 nitrogen and oxygen atoms in total. The smallest absolute Gasteiger partial charge is 0.178 e. The first-order valence-corrected chi connectivity index (χ1v) is 4.22. The number of carbonyl (C=O) groups excluding carboxylic acids is 1. The molecule has 0 radical (unpaired) electrons. The highest BCUT2D eigenvalue weighted by Gasteiger charge is 2.14. The van der Waals surface area contributed by atoms with Gasteiger partial charge in [-0.05, 0) is 18.3 Å². The van der Waals surface area contributed by atoms with Gasteiger partial charge in [0.25, 0.3) is 0 Å². The highest BCUT2D eigenvalue weighted by Crippen LogP contribution is 2.36. The van der Waals surface area contributed by atoms with Crippen molar-refractivity contribution in [3.8, 4) is 5.75 Å². The number of phenolic OH excluding ortho intramolecular Hbond substituents is 1. The summed E-state index contributed by atoms with van der Waals surface area (Å²) in [5, 5.41) is 9.36. The number of carbonyl (C=O) groups is 1. The van der Waals surface area contributed by atoms with Gasteiger partial charge in [-0.2, -0.15) is 0 Å². The number of hydrogen-bond acceptors (Lipinski definition) is 3. The zero-order valence-corrected chi connectivity index (χ0v) is 8.03. The van der Waals surface area contributed by atoms with Crippen LogP contribution in [0.1, 0.15) is 11.1 Å². The molecule has 0 bridgehead atoms. The lowest BCUT2D eigenvalue weighted by atomic mass is 10.0. The maximum Gasteiger partial charge on any atom is 0.178 e. The summed E-state index contributed by atoms with van der Waals surface area (Å²) in [6, 6.07) is 1.09. The molecule has 0 aliphatic carbocycles. The number of benzene rings is 1. The molecule has 0 aliphatic rings. The zero-order valence-electron chi connectivity index (χ0n) is 8.03. The van der Waals surface area contributed by atoms with Crippen LogP contribution in [0.5, 0.6) is 5.75 Å². The standard InChI is InChI=1S/C11H10FNO2/c1-3-8-7(4-5-14)6-9(12)11(15)10(8)13-2/h3,5-6,15H,1-2,4H2. The van der Waals surface area contributed by atoms with E-state index < -0.39 is 11.6 Å². The van der Waals surface area contributed by atoms with Gasteiger partial charge in [0.15, 0.2) is 11.6 Å². The van der Waals surface area contributed by atoms with E-state index in [1.165, 1.54) is 6.08 Å². The second-order valence-electron chi connectivity index (χ2n) is 2.86. The quantitative estimate of drug-likeness (QED) is 0.608. The van der Waals surface area contributed by atoms with E-state index in [2.05, 4.69) is 18.3 Å². The molecule has 4 heteroatoms. The molecule has 0 aliphatic heterocycles. The minimum atomic E-state index is -0.820. The highest BCUT2D eigenvalue weighted by molar-refractivity contribution is 5.75. The fourth-order valence-electron chi connectivity index (χ4n) is 1.34. The molecule has 0 unspecified atom stereocenters. The van der Waals surface area contributed by atoms with E-state index in [1.54, 1.807) is 0 Å². The number of phenols is 1. The van der Waals surface area contributed by atoms with Crippen molar-refractivity contribution < 1.29 is 14.3 Å². The summed E-state index contributed by atoms with van der Waals surface area (Å²) in [6.45, 7) is 6.75. The van der Waals surface area contributed by atoms with Crippen molar-refractivity contribution in [1.29, 1.82) is 0 Å². The number of hydrogen-bond donors (Lipinski definition) is 1. The van der Waals surface area contributed by atoms with Crippen LogP contribution in [0, 0.1) is 5.82 Å². The normalized spacial score (nSPS) is 9.67. The van der Waals surface area contributed by atoms with E-state index >= 15 is 0 Å². The Labute approximate surface area is 86.6 Å². The van der Waals surface area contributed by atoms with Gasteiger partial charge in [-0.25, -0.2) is 4.39 Å². The predicted molar refractivity (Wildman–Crippen MR) is 57.1 cm³/mol. The van der Waals surface area contributed by atoms with Crippen molar-refractivity contribution in [1.82, 2.24) is 0 Å². The van der Waals surface area contributed by atoms with Crippen LogP contribution in [0.2, 0.25) is 0 Å². The second-order valence-corrected chi connectivity index (χ2v) is 2.86. The summed E-state index contributed by atoms with van der Waals surface area (Å²) in [6.07, 6.45) is 2.09. The largest absolute Gasteiger partial charge is 0.503 e. The molecule has 0 saturated heterocycles. The van der Waals surface area contributed by atoms with Crippen LogP contribution in [-0.4, -0.2) is 18.1 Å². The number of aliphatic imine (C=N–C) groups is 1. The Balaban J connectivity index is 3.53. The third-order valence-corrected chi connectivity index (χ3v) is 2.02. The maximum atomic E-state index is 13.2. The van der Waals surface area contributed by atoms with E-state index in [1.807, 2.05) is 0 Å². The molecular formula is C11H10FNO2. The van der Waals surface area contributed by atoms with Crippen LogP contribution >= 0.6 is 0 Å². The molecule has 0 amide bonds. The first kappa shape index (κ1) is 11.1. The van der Waals surface area contributed by atoms with Gasteiger partial charge >= 0.3 is 0 Å². The van der Waals surface area contributed by atoms with Gasteiger partial charge in [0.05, 0.1) is 0 Å². The van der Waals surface area contributed by atoms with Crippen molar-refractivity contribution >= 4 is 24.8 Å². The third kappa shape index (κ3) is 1.93. The summed E-state index contributed by atoms with van der Waals surface area (Å²) >= 11 is 0. The lowest BCUT2D eigenvalue weighted by Crippen LogP contribution is -1.94. The molecule has 0 fully saturated rings. The van der Waals surface area contributed by atoms with Crippen LogP contribution in [0.4, 0.5) is 10.1 Å². The molecule has 1 aromatic rings. The van der Waals surface area contributed by atoms with Gasteiger partial charge < -0.3 is 9.90 Å². The number of aromatic hydroxyl groups is 1. The SMILES string of the molecule is C=Cc1c(CC=O)cc(F)c(O)c1N=C. The van der Waals surface area contributed by atoms with Gasteiger partial charge in [0.1, 0.15) is 12.0 Å². The summed E-state index contributed by atoms with van der Waals surface area (Å²) in [7, 11) is 0. The molecule has 78 valence electrons. The predicted octanol–water partition coefficient (Wildman–Crippen LogP) is 2.25. The first-order chi connectivity index (χ1) is 7.15. The maximum absolute atomic E-state index is 13.2. The van der Waals surface area contributed by atoms with Crippen molar-refractivity contribution in [2.45, 2.75) is 6.42 Å². The monoisotopic (exact) mass is 207 g/mol. The molecule has 0 spiro atoms. The minimum Gasteiger partial charge on any atom is -0.503 e. The summed E-state index contributed by atoms with van der Waals surface area (Å²) in [5.74, 6) is -1.39. The molecule has 1 N–H and O–H groups in total. The van der Waals surface area contributed by atoms with E-state index in [0.29, 0.717) is 17.4 Å². The zero-order chi connectivity index (χ0) is 11.4. The Morgan fingerprint density at radius 3 is 2.73 bits per heavy atom. The molecule has 0 aromatic heterocycles. The molecule has 0 saturated carbocycles. The van der Waals surface area contributed by atoms with E-state index in [4.69, 9.17) is 0 Å². The van der Waals surface area contributed by atoms with Gasteiger partial charge in [-0.3, -0.25) is 4.99 Å². The Hall–Kier alpha value is -1.97. The lowest BCUT2D eigenvalue weighted by molar-refractivity contribution is -0.107. The Morgan fingerprint density at radius 1 is 1.60 bits per heavy atom. The lowest BCUT2D eigenvalue weighted by Gasteiger charge is -2.09. The average Bonchev–Trinajstić information content (AvgIpc) is 2.23.